The Labute approximate surface area is 134 Å². The second-order valence-electron chi connectivity index (χ2n) is 5.58. The number of fused-ring (bicyclic) bond motifs is 1. The van der Waals surface area contributed by atoms with Crippen molar-refractivity contribution in [2.45, 2.75) is 19.8 Å². The smallest absolute Gasteiger partial charge is 0.249 e. The molecule has 5 nitrogen and oxygen atoms in total. The minimum atomic E-state index is -0.207. The zero-order valence-corrected chi connectivity index (χ0v) is 13.1. The Morgan fingerprint density at radius 2 is 1.91 bits per heavy atom. The Balaban J connectivity index is 1.70. The standard InChI is InChI=1S/C18H18N4O/c1-13(2)15-6-3-14(4-7-15)5-8-18(23)21-17-9-11-19-16-10-12-20-22(16)17/h3-13H,1-2H3,(H,21,23)/b8-5+. The van der Waals surface area contributed by atoms with Gasteiger partial charge in [0.05, 0.1) is 6.20 Å². The van der Waals surface area contributed by atoms with Crippen LogP contribution in [0.25, 0.3) is 11.7 Å². The highest BCUT2D eigenvalue weighted by atomic mass is 16.1. The van der Waals surface area contributed by atoms with Gasteiger partial charge in [-0.2, -0.15) is 9.61 Å². The Bertz CT molecular complexity index is 847. The van der Waals surface area contributed by atoms with Gasteiger partial charge in [-0.15, -0.1) is 0 Å². The van der Waals surface area contributed by atoms with Gasteiger partial charge in [-0.25, -0.2) is 4.98 Å². The minimum absolute atomic E-state index is 0.207. The molecular weight excluding hydrogens is 288 g/mol. The van der Waals surface area contributed by atoms with Gasteiger partial charge in [0.2, 0.25) is 5.91 Å². The van der Waals surface area contributed by atoms with Crippen LogP contribution in [0.5, 0.6) is 0 Å². The molecule has 3 aromatic rings. The summed E-state index contributed by atoms with van der Waals surface area (Å²) in [6.45, 7) is 4.31. The highest BCUT2D eigenvalue weighted by molar-refractivity contribution is 6.01. The van der Waals surface area contributed by atoms with Crippen molar-refractivity contribution in [2.75, 3.05) is 5.32 Å². The predicted molar refractivity (Wildman–Crippen MR) is 91.2 cm³/mol. The van der Waals surface area contributed by atoms with Crippen LogP contribution >= 0.6 is 0 Å². The molecule has 0 unspecified atom stereocenters. The maximum atomic E-state index is 12.1. The fraction of sp³-hybridized carbons (Fsp3) is 0.167. The molecule has 0 aliphatic rings. The molecule has 0 spiro atoms. The molecule has 0 aliphatic carbocycles. The molecular formula is C18H18N4O. The molecule has 1 aromatic carbocycles. The minimum Gasteiger partial charge on any atom is -0.307 e. The number of nitrogens with one attached hydrogen (secondary N) is 1. The molecule has 0 saturated carbocycles. The van der Waals surface area contributed by atoms with Crippen molar-refractivity contribution in [2.24, 2.45) is 0 Å². The van der Waals surface area contributed by atoms with Crippen LogP contribution in [0.2, 0.25) is 0 Å². The Morgan fingerprint density at radius 3 is 2.65 bits per heavy atom. The van der Waals surface area contributed by atoms with Crippen molar-refractivity contribution in [3.63, 3.8) is 0 Å². The summed E-state index contributed by atoms with van der Waals surface area (Å²) in [6.07, 6.45) is 6.59. The van der Waals surface area contributed by atoms with Crippen LogP contribution in [-0.2, 0) is 4.79 Å². The fourth-order valence-electron chi connectivity index (χ4n) is 2.26. The molecule has 0 saturated heterocycles. The van der Waals surface area contributed by atoms with E-state index in [1.165, 1.54) is 11.6 Å². The third-order valence-corrected chi connectivity index (χ3v) is 3.57. The van der Waals surface area contributed by atoms with E-state index in [9.17, 15) is 4.79 Å². The highest BCUT2D eigenvalue weighted by Crippen LogP contribution is 2.15. The number of carbonyl (C=O) groups excluding carboxylic acids is 1. The molecule has 116 valence electrons. The zero-order chi connectivity index (χ0) is 16.2. The second-order valence-corrected chi connectivity index (χ2v) is 5.58. The fourth-order valence-corrected chi connectivity index (χ4v) is 2.26. The molecule has 2 heterocycles. The van der Waals surface area contributed by atoms with Crippen LogP contribution in [-0.4, -0.2) is 20.5 Å². The van der Waals surface area contributed by atoms with Crippen molar-refractivity contribution < 1.29 is 4.79 Å². The lowest BCUT2D eigenvalue weighted by atomic mass is 10.0. The molecule has 0 radical (unpaired) electrons. The zero-order valence-electron chi connectivity index (χ0n) is 13.1. The summed E-state index contributed by atoms with van der Waals surface area (Å²) in [6, 6.07) is 11.7. The van der Waals surface area contributed by atoms with E-state index in [1.54, 1.807) is 35.1 Å². The third kappa shape index (κ3) is 3.45. The summed E-state index contributed by atoms with van der Waals surface area (Å²) in [5.41, 5.74) is 2.96. The van der Waals surface area contributed by atoms with Gasteiger partial charge in [-0.3, -0.25) is 4.79 Å². The van der Waals surface area contributed by atoms with E-state index in [2.05, 4.69) is 41.4 Å². The number of aromatic nitrogens is 3. The van der Waals surface area contributed by atoms with Crippen molar-refractivity contribution in [3.8, 4) is 0 Å². The summed E-state index contributed by atoms with van der Waals surface area (Å²) >= 11 is 0. The van der Waals surface area contributed by atoms with Crippen molar-refractivity contribution >= 4 is 23.4 Å². The average Bonchev–Trinajstić information content (AvgIpc) is 3.03. The van der Waals surface area contributed by atoms with Crippen LogP contribution < -0.4 is 5.32 Å². The van der Waals surface area contributed by atoms with E-state index in [4.69, 9.17) is 0 Å². The number of amides is 1. The Hall–Kier alpha value is -2.95. The van der Waals surface area contributed by atoms with Gasteiger partial charge in [-0.1, -0.05) is 38.1 Å². The average molecular weight is 306 g/mol. The van der Waals surface area contributed by atoms with Crippen LogP contribution in [0, 0.1) is 0 Å². The first-order chi connectivity index (χ1) is 11.1. The van der Waals surface area contributed by atoms with Gasteiger partial charge in [0, 0.05) is 18.3 Å². The quantitative estimate of drug-likeness (QED) is 0.750. The van der Waals surface area contributed by atoms with Gasteiger partial charge in [0.15, 0.2) is 5.65 Å². The lowest BCUT2D eigenvalue weighted by Gasteiger charge is -2.05. The van der Waals surface area contributed by atoms with E-state index >= 15 is 0 Å². The largest absolute Gasteiger partial charge is 0.307 e. The number of anilines is 1. The molecule has 1 N–H and O–H groups in total. The molecule has 0 bridgehead atoms. The van der Waals surface area contributed by atoms with Crippen molar-refractivity contribution in [1.29, 1.82) is 0 Å². The Kier molecular flexibility index (Phi) is 4.19. The molecule has 23 heavy (non-hydrogen) atoms. The molecule has 1 amide bonds. The number of benzene rings is 1. The maximum Gasteiger partial charge on any atom is 0.249 e. The number of hydrogen-bond donors (Lipinski definition) is 1. The van der Waals surface area contributed by atoms with Gasteiger partial charge in [-0.05, 0) is 29.2 Å². The molecule has 3 rings (SSSR count). The van der Waals surface area contributed by atoms with Gasteiger partial charge in [0.1, 0.15) is 5.82 Å². The number of rotatable bonds is 4. The summed E-state index contributed by atoms with van der Waals surface area (Å²) in [7, 11) is 0. The van der Waals surface area contributed by atoms with E-state index in [0.717, 1.165) is 5.56 Å². The van der Waals surface area contributed by atoms with Gasteiger partial charge in [0.25, 0.3) is 0 Å². The molecule has 0 atom stereocenters. The highest BCUT2D eigenvalue weighted by Gasteiger charge is 2.04. The maximum absolute atomic E-state index is 12.1. The molecule has 2 aromatic heterocycles. The molecule has 0 aliphatic heterocycles. The van der Waals surface area contributed by atoms with Crippen molar-refractivity contribution in [1.82, 2.24) is 14.6 Å². The van der Waals surface area contributed by atoms with Crippen LogP contribution in [0.3, 0.4) is 0 Å². The monoisotopic (exact) mass is 306 g/mol. The van der Waals surface area contributed by atoms with E-state index in [1.807, 2.05) is 12.1 Å². The summed E-state index contributed by atoms with van der Waals surface area (Å²) in [4.78, 5) is 16.2. The second kappa shape index (κ2) is 6.44. The van der Waals surface area contributed by atoms with Crippen LogP contribution in [0.15, 0.2) is 54.9 Å². The van der Waals surface area contributed by atoms with E-state index < -0.39 is 0 Å². The topological polar surface area (TPSA) is 59.3 Å². The van der Waals surface area contributed by atoms with Crippen LogP contribution in [0.4, 0.5) is 5.82 Å². The third-order valence-electron chi connectivity index (χ3n) is 3.57. The van der Waals surface area contributed by atoms with Crippen molar-refractivity contribution in [3.05, 3.63) is 66.0 Å². The first kappa shape index (κ1) is 15.0. The van der Waals surface area contributed by atoms with Gasteiger partial charge >= 0.3 is 0 Å². The number of hydrogen-bond acceptors (Lipinski definition) is 3. The molecule has 0 fully saturated rings. The summed E-state index contributed by atoms with van der Waals surface area (Å²) in [5.74, 6) is 0.880. The first-order valence-electron chi connectivity index (χ1n) is 7.51. The summed E-state index contributed by atoms with van der Waals surface area (Å²) in [5, 5.41) is 6.94. The Morgan fingerprint density at radius 1 is 1.13 bits per heavy atom. The first-order valence-corrected chi connectivity index (χ1v) is 7.51. The number of nitrogens with zero attached hydrogens (tertiary/aromatic N) is 3. The van der Waals surface area contributed by atoms with E-state index in [0.29, 0.717) is 17.4 Å². The predicted octanol–water partition coefficient (Wildman–Crippen LogP) is 3.50. The SMILES string of the molecule is CC(C)c1ccc(/C=C/C(=O)Nc2ccnc3ccnn23)cc1. The van der Waals surface area contributed by atoms with E-state index in [-0.39, 0.29) is 5.91 Å². The normalized spacial score (nSPS) is 11.4. The van der Waals surface area contributed by atoms with Crippen LogP contribution in [0.1, 0.15) is 30.9 Å². The molecule has 5 heteroatoms. The lowest BCUT2D eigenvalue weighted by molar-refractivity contribution is -0.111. The summed E-state index contributed by atoms with van der Waals surface area (Å²) < 4.78 is 1.59. The van der Waals surface area contributed by atoms with Gasteiger partial charge < -0.3 is 5.32 Å². The lowest BCUT2D eigenvalue weighted by Crippen LogP contribution is -2.11. The number of carbonyl (C=O) groups is 1.